The molecule has 0 amide bonds. The SMILES string of the molecule is CCOC(=O)C[C@@H]1C[C@H]2OC(C)(C)O[C@H]2[C@@H](/C=C/c2ccccc2)O1. The number of hydrogen-bond donors (Lipinski definition) is 0. The van der Waals surface area contributed by atoms with E-state index in [4.69, 9.17) is 18.9 Å². The molecule has 2 aliphatic rings. The Balaban J connectivity index is 1.73. The number of esters is 1. The summed E-state index contributed by atoms with van der Waals surface area (Å²) in [7, 11) is 0. The second-order valence-corrected chi connectivity index (χ2v) is 6.88. The first-order valence-electron chi connectivity index (χ1n) is 8.87. The third kappa shape index (κ3) is 4.69. The average Bonchev–Trinajstić information content (AvgIpc) is 2.88. The van der Waals surface area contributed by atoms with Gasteiger partial charge in [-0.15, -0.1) is 0 Å². The van der Waals surface area contributed by atoms with Gasteiger partial charge in [0.25, 0.3) is 0 Å². The van der Waals surface area contributed by atoms with Crippen molar-refractivity contribution in [3.8, 4) is 0 Å². The quantitative estimate of drug-likeness (QED) is 0.766. The van der Waals surface area contributed by atoms with E-state index in [1.165, 1.54) is 0 Å². The van der Waals surface area contributed by atoms with Crippen LogP contribution in [0.15, 0.2) is 36.4 Å². The molecule has 0 aliphatic carbocycles. The van der Waals surface area contributed by atoms with Crippen LogP contribution in [-0.4, -0.2) is 42.8 Å². The molecule has 2 fully saturated rings. The number of ether oxygens (including phenoxy) is 4. The molecule has 2 saturated heterocycles. The highest BCUT2D eigenvalue weighted by atomic mass is 16.8. The summed E-state index contributed by atoms with van der Waals surface area (Å²) in [5.41, 5.74) is 1.09. The fraction of sp³-hybridized carbons (Fsp3) is 0.550. The number of carbonyl (C=O) groups excluding carboxylic acids is 1. The summed E-state index contributed by atoms with van der Waals surface area (Å²) in [4.78, 5) is 11.8. The maximum absolute atomic E-state index is 11.8. The van der Waals surface area contributed by atoms with E-state index in [0.29, 0.717) is 13.0 Å². The molecule has 5 heteroatoms. The fourth-order valence-corrected chi connectivity index (χ4v) is 3.40. The summed E-state index contributed by atoms with van der Waals surface area (Å²) < 4.78 is 23.3. The van der Waals surface area contributed by atoms with Crippen molar-refractivity contribution in [3.63, 3.8) is 0 Å². The Hall–Kier alpha value is -1.69. The van der Waals surface area contributed by atoms with Crippen molar-refractivity contribution in [1.82, 2.24) is 0 Å². The molecule has 1 aromatic carbocycles. The lowest BCUT2D eigenvalue weighted by molar-refractivity contribution is -0.158. The summed E-state index contributed by atoms with van der Waals surface area (Å²) >= 11 is 0. The smallest absolute Gasteiger partial charge is 0.308 e. The molecule has 0 radical (unpaired) electrons. The van der Waals surface area contributed by atoms with Gasteiger partial charge in [-0.05, 0) is 26.3 Å². The van der Waals surface area contributed by atoms with Crippen molar-refractivity contribution in [3.05, 3.63) is 42.0 Å². The van der Waals surface area contributed by atoms with Gasteiger partial charge in [-0.2, -0.15) is 0 Å². The van der Waals surface area contributed by atoms with Crippen LogP contribution in [0.1, 0.15) is 39.2 Å². The second-order valence-electron chi connectivity index (χ2n) is 6.88. The number of rotatable bonds is 5. The summed E-state index contributed by atoms with van der Waals surface area (Å²) in [6.07, 6.45) is 4.11. The maximum atomic E-state index is 11.8. The zero-order valence-corrected chi connectivity index (χ0v) is 15.0. The van der Waals surface area contributed by atoms with Gasteiger partial charge < -0.3 is 18.9 Å². The van der Waals surface area contributed by atoms with E-state index < -0.39 is 5.79 Å². The van der Waals surface area contributed by atoms with Gasteiger partial charge in [0.1, 0.15) is 12.2 Å². The molecule has 2 heterocycles. The summed E-state index contributed by atoms with van der Waals surface area (Å²) in [5, 5.41) is 0. The van der Waals surface area contributed by atoms with Gasteiger partial charge in [0.15, 0.2) is 5.79 Å². The van der Waals surface area contributed by atoms with E-state index in [9.17, 15) is 4.79 Å². The van der Waals surface area contributed by atoms with Gasteiger partial charge in [0.2, 0.25) is 0 Å². The minimum Gasteiger partial charge on any atom is -0.466 e. The van der Waals surface area contributed by atoms with E-state index in [0.717, 1.165) is 5.56 Å². The van der Waals surface area contributed by atoms with Crippen molar-refractivity contribution in [2.45, 2.75) is 63.8 Å². The lowest BCUT2D eigenvalue weighted by Gasteiger charge is -2.35. The normalized spacial score (nSPS) is 31.0. The monoisotopic (exact) mass is 346 g/mol. The van der Waals surface area contributed by atoms with E-state index in [-0.39, 0.29) is 36.8 Å². The topological polar surface area (TPSA) is 54.0 Å². The Kier molecular flexibility index (Phi) is 5.57. The molecule has 0 saturated carbocycles. The van der Waals surface area contributed by atoms with Crippen LogP contribution >= 0.6 is 0 Å². The Bertz CT molecular complexity index is 610. The molecule has 3 rings (SSSR count). The molecule has 1 aromatic rings. The van der Waals surface area contributed by atoms with E-state index in [1.807, 2.05) is 56.3 Å². The largest absolute Gasteiger partial charge is 0.466 e. The van der Waals surface area contributed by atoms with Crippen LogP contribution in [-0.2, 0) is 23.7 Å². The molecule has 136 valence electrons. The minimum absolute atomic E-state index is 0.0893. The molecular weight excluding hydrogens is 320 g/mol. The number of fused-ring (bicyclic) bond motifs is 1. The third-order valence-corrected chi connectivity index (χ3v) is 4.37. The predicted molar refractivity (Wildman–Crippen MR) is 93.8 cm³/mol. The van der Waals surface area contributed by atoms with Crippen LogP contribution < -0.4 is 0 Å². The molecule has 0 N–H and O–H groups in total. The Morgan fingerprint density at radius 2 is 2.04 bits per heavy atom. The van der Waals surface area contributed by atoms with E-state index in [2.05, 4.69) is 0 Å². The first-order valence-corrected chi connectivity index (χ1v) is 8.87. The van der Waals surface area contributed by atoms with Crippen molar-refractivity contribution >= 4 is 12.0 Å². The first kappa shape index (κ1) is 18.1. The molecule has 4 atom stereocenters. The second kappa shape index (κ2) is 7.68. The first-order chi connectivity index (χ1) is 12.0. The molecule has 2 aliphatic heterocycles. The average molecular weight is 346 g/mol. The molecule has 25 heavy (non-hydrogen) atoms. The number of benzene rings is 1. The van der Waals surface area contributed by atoms with Crippen LogP contribution in [0.25, 0.3) is 6.08 Å². The van der Waals surface area contributed by atoms with Crippen molar-refractivity contribution in [2.75, 3.05) is 6.61 Å². The highest BCUT2D eigenvalue weighted by Gasteiger charge is 2.49. The highest BCUT2D eigenvalue weighted by molar-refractivity contribution is 5.70. The molecule has 0 aromatic heterocycles. The Morgan fingerprint density at radius 3 is 2.76 bits per heavy atom. The van der Waals surface area contributed by atoms with Crippen molar-refractivity contribution in [1.29, 1.82) is 0 Å². The molecule has 0 spiro atoms. The summed E-state index contributed by atoms with van der Waals surface area (Å²) in [6, 6.07) is 10.0. The lowest BCUT2D eigenvalue weighted by Crippen LogP contribution is -2.46. The molecule has 5 nitrogen and oxygen atoms in total. The van der Waals surface area contributed by atoms with Gasteiger partial charge in [-0.25, -0.2) is 0 Å². The van der Waals surface area contributed by atoms with Crippen molar-refractivity contribution < 1.29 is 23.7 Å². The lowest BCUT2D eigenvalue weighted by atomic mass is 9.95. The third-order valence-electron chi connectivity index (χ3n) is 4.37. The maximum Gasteiger partial charge on any atom is 0.308 e. The molecule has 0 bridgehead atoms. The van der Waals surface area contributed by atoms with Crippen LogP contribution in [0.2, 0.25) is 0 Å². The van der Waals surface area contributed by atoms with Gasteiger partial charge in [-0.1, -0.05) is 42.5 Å². The Labute approximate surface area is 148 Å². The predicted octanol–water partition coefficient (Wildman–Crippen LogP) is 3.33. The van der Waals surface area contributed by atoms with Gasteiger partial charge in [0, 0.05) is 6.42 Å². The highest BCUT2D eigenvalue weighted by Crippen LogP contribution is 2.38. The molecule has 0 unspecified atom stereocenters. The fourth-order valence-electron chi connectivity index (χ4n) is 3.40. The summed E-state index contributed by atoms with van der Waals surface area (Å²) in [6.45, 7) is 5.99. The number of hydrogen-bond acceptors (Lipinski definition) is 5. The van der Waals surface area contributed by atoms with Crippen LogP contribution in [0.5, 0.6) is 0 Å². The van der Waals surface area contributed by atoms with Crippen LogP contribution in [0.3, 0.4) is 0 Å². The minimum atomic E-state index is -0.643. The Morgan fingerprint density at radius 1 is 1.28 bits per heavy atom. The zero-order valence-electron chi connectivity index (χ0n) is 15.0. The van der Waals surface area contributed by atoms with E-state index in [1.54, 1.807) is 6.92 Å². The van der Waals surface area contributed by atoms with Gasteiger partial charge >= 0.3 is 5.97 Å². The van der Waals surface area contributed by atoms with Crippen LogP contribution in [0, 0.1) is 0 Å². The van der Waals surface area contributed by atoms with E-state index >= 15 is 0 Å². The van der Waals surface area contributed by atoms with Crippen LogP contribution in [0.4, 0.5) is 0 Å². The standard InChI is InChI=1S/C20H26O5/c1-4-22-18(21)13-15-12-17-19(25-20(2,3)24-17)16(23-15)11-10-14-8-6-5-7-9-14/h5-11,15-17,19H,4,12-13H2,1-3H3/b11-10+/t15-,16+,17+,19-/m0/s1. The zero-order chi connectivity index (χ0) is 17.9. The van der Waals surface area contributed by atoms with Gasteiger partial charge in [0.05, 0.1) is 25.2 Å². The van der Waals surface area contributed by atoms with Crippen molar-refractivity contribution in [2.24, 2.45) is 0 Å². The summed E-state index contributed by atoms with van der Waals surface area (Å²) in [5.74, 6) is -0.883. The molecular formula is C20H26O5. The van der Waals surface area contributed by atoms with Gasteiger partial charge in [-0.3, -0.25) is 4.79 Å². The number of carbonyl (C=O) groups is 1.